The summed E-state index contributed by atoms with van der Waals surface area (Å²) in [6, 6.07) is 56.5. The van der Waals surface area contributed by atoms with Gasteiger partial charge in [0.05, 0.1) is 19.8 Å². The number of aliphatic hydroxyl groups is 1. The van der Waals surface area contributed by atoms with E-state index in [2.05, 4.69) is 234 Å². The van der Waals surface area contributed by atoms with Gasteiger partial charge in [0.25, 0.3) is 17.1 Å². The van der Waals surface area contributed by atoms with Gasteiger partial charge in [-0.25, -0.2) is 29.9 Å². The van der Waals surface area contributed by atoms with Crippen molar-refractivity contribution in [3.8, 4) is 33.8 Å². The van der Waals surface area contributed by atoms with E-state index in [4.69, 9.17) is 90.1 Å². The van der Waals surface area contributed by atoms with Gasteiger partial charge in [0, 0.05) is 106 Å². The van der Waals surface area contributed by atoms with Crippen LogP contribution >= 0.6 is 81.2 Å². The van der Waals surface area contributed by atoms with E-state index in [1.54, 1.807) is 4.90 Å². The molecule has 0 saturated carbocycles. The lowest BCUT2D eigenvalue weighted by molar-refractivity contribution is 0.0973. The molecule has 0 bridgehead atoms. The summed E-state index contributed by atoms with van der Waals surface area (Å²) in [6.45, 7) is 34.0. The van der Waals surface area contributed by atoms with Gasteiger partial charge in [-0.3, -0.25) is 14.4 Å². The summed E-state index contributed by atoms with van der Waals surface area (Å²) in [5.41, 5.74) is 13.1. The number of aromatic nitrogens is 9. The van der Waals surface area contributed by atoms with Gasteiger partial charge in [0.15, 0.2) is 16.6 Å². The molecule has 0 aliphatic heterocycles. The number of hydrogen-bond acceptors (Lipinski definition) is 13. The highest BCUT2D eigenvalue weighted by molar-refractivity contribution is 6.74. The van der Waals surface area contributed by atoms with E-state index in [1.807, 2.05) is 66.7 Å². The Balaban J connectivity index is 0.000000180. The number of benzene rings is 6. The van der Waals surface area contributed by atoms with E-state index in [0.29, 0.717) is 18.8 Å². The Morgan fingerprint density at radius 3 is 1.09 bits per heavy atom. The van der Waals surface area contributed by atoms with Gasteiger partial charge in [-0.1, -0.05) is 223 Å². The zero-order chi connectivity index (χ0) is 80.5. The second-order valence-electron chi connectivity index (χ2n) is 29.4. The summed E-state index contributed by atoms with van der Waals surface area (Å²) in [4.78, 5) is 63.7. The first-order chi connectivity index (χ1) is 52.8. The van der Waals surface area contributed by atoms with Gasteiger partial charge in [0.1, 0.15) is 66.6 Å². The number of aryl methyl sites for hydroxylation is 3. The van der Waals surface area contributed by atoms with E-state index in [9.17, 15) is 19.5 Å². The van der Waals surface area contributed by atoms with Crippen LogP contribution in [0.1, 0.15) is 113 Å². The molecule has 0 aliphatic carbocycles. The smallest absolute Gasteiger partial charge is 0.264 e. The van der Waals surface area contributed by atoms with Gasteiger partial charge >= 0.3 is 0 Å². The lowest BCUT2D eigenvalue weighted by Gasteiger charge is -2.37. The summed E-state index contributed by atoms with van der Waals surface area (Å²) >= 11 is 41.0. The SMILES string of the molecule is CCCn1c(-c2ccccc2)cc2cc(N(CCO)C(=O)c3c(Cl)ncnc3Cl)ccc21.CCCn1c(-c2ccccc2)cc2cc(N(CCO[Si](C)(C)C(C)(C)C)C(=O)c3c(Cl)ncnc3Cl)ccc21.CCCn1c(-c2ccccc2)cc2cc(NCCO[Si](C)(C)C(C)(C)C)ccc21.O=C(Cl)c1c(Cl)ncnc1Cl. The third-order valence-corrected chi connectivity index (χ3v) is 30.8. The third kappa shape index (κ3) is 21.4. The molecule has 0 radical (unpaired) electrons. The summed E-state index contributed by atoms with van der Waals surface area (Å²) in [5, 5.41) is 15.9. The predicted octanol–water partition coefficient (Wildman–Crippen LogP) is 23.3. The number of anilines is 3. The fourth-order valence-corrected chi connectivity index (χ4v) is 15.9. The van der Waals surface area contributed by atoms with Crippen LogP contribution in [0.15, 0.2) is 183 Å². The highest BCUT2D eigenvalue weighted by Crippen LogP contribution is 2.40. The number of halogens is 7. The van der Waals surface area contributed by atoms with Crippen LogP contribution in [0.2, 0.25) is 67.2 Å². The van der Waals surface area contributed by atoms with E-state index >= 15 is 0 Å². The predicted molar refractivity (Wildman–Crippen MR) is 465 cm³/mol. The average Bonchev–Trinajstić information content (AvgIpc) is 1.65. The molecule has 0 aliphatic rings. The number of carbonyl (C=O) groups excluding carboxylic acids is 3. The second-order valence-corrected chi connectivity index (χ2v) is 41.6. The Kier molecular flexibility index (Phi) is 30.6. The molecule has 0 fully saturated rings. The molecule has 12 aromatic rings. The summed E-state index contributed by atoms with van der Waals surface area (Å²) in [5.74, 6) is -0.828. The van der Waals surface area contributed by atoms with Crippen LogP contribution in [-0.2, 0) is 28.5 Å². The van der Waals surface area contributed by atoms with Crippen molar-refractivity contribution in [3.05, 3.63) is 230 Å². The number of fused-ring (bicyclic) bond motifs is 3. The van der Waals surface area contributed by atoms with E-state index in [1.165, 1.54) is 39.7 Å². The van der Waals surface area contributed by atoms with E-state index in [-0.39, 0.29) is 76.7 Å². The van der Waals surface area contributed by atoms with Crippen molar-refractivity contribution in [1.29, 1.82) is 0 Å². The van der Waals surface area contributed by atoms with Crippen LogP contribution < -0.4 is 15.1 Å². The first-order valence-corrected chi connectivity index (χ1v) is 45.3. The maximum atomic E-state index is 13.9. The molecule has 0 spiro atoms. The largest absolute Gasteiger partial charge is 0.415 e. The normalized spacial score (nSPS) is 11.7. The molecule has 18 nitrogen and oxygen atoms in total. The average molecular weight is 1670 g/mol. The molecule has 0 saturated heterocycles. The van der Waals surface area contributed by atoms with Gasteiger partial charge < -0.3 is 42.8 Å². The van der Waals surface area contributed by atoms with Gasteiger partial charge in [0.2, 0.25) is 0 Å². The number of rotatable bonds is 25. The number of nitrogens with zero attached hydrogens (tertiary/aromatic N) is 11. The molecule has 6 aromatic heterocycles. The quantitative estimate of drug-likeness (QED) is 0.0237. The van der Waals surface area contributed by atoms with Crippen molar-refractivity contribution < 1.29 is 28.3 Å². The first kappa shape index (κ1) is 86.9. The summed E-state index contributed by atoms with van der Waals surface area (Å²) < 4.78 is 19.8. The molecule has 2 N–H and O–H groups in total. The minimum Gasteiger partial charge on any atom is -0.415 e. The Labute approximate surface area is 687 Å². The Morgan fingerprint density at radius 2 is 0.766 bits per heavy atom. The summed E-state index contributed by atoms with van der Waals surface area (Å²) in [7, 11) is -3.70. The minimum absolute atomic E-state index is 0.0120. The molecule has 6 heterocycles. The molecule has 0 atom stereocenters. The van der Waals surface area contributed by atoms with Crippen LogP contribution in [0.5, 0.6) is 0 Å². The topological polar surface area (TPSA) is 201 Å². The second kappa shape index (κ2) is 39.1. The highest BCUT2D eigenvalue weighted by atomic mass is 35.5. The van der Waals surface area contributed by atoms with Crippen molar-refractivity contribution in [2.24, 2.45) is 0 Å². The van der Waals surface area contributed by atoms with Crippen LogP contribution in [0.3, 0.4) is 0 Å². The molecule has 111 heavy (non-hydrogen) atoms. The molecule has 6 aromatic carbocycles. The van der Waals surface area contributed by atoms with Crippen molar-refractivity contribution in [1.82, 2.24) is 43.6 Å². The molecule has 2 amide bonds. The van der Waals surface area contributed by atoms with Crippen molar-refractivity contribution >= 4 is 165 Å². The number of nitrogens with one attached hydrogen (secondary N) is 1. The monoisotopic (exact) mass is 1670 g/mol. The van der Waals surface area contributed by atoms with Crippen molar-refractivity contribution in [2.45, 2.75) is 137 Å². The maximum Gasteiger partial charge on any atom is 0.264 e. The molecular weight excluding hydrogens is 1580 g/mol. The third-order valence-electron chi connectivity index (χ3n) is 19.8. The Hall–Kier alpha value is -8.07. The van der Waals surface area contributed by atoms with Gasteiger partial charge in [-0.15, -0.1) is 0 Å². The number of amides is 2. The van der Waals surface area contributed by atoms with Crippen LogP contribution in [-0.4, -0.2) is 122 Å². The Morgan fingerprint density at radius 1 is 0.441 bits per heavy atom. The molecule has 27 heteroatoms. The fourth-order valence-electron chi connectivity index (χ4n) is 12.1. The van der Waals surface area contributed by atoms with Crippen LogP contribution in [0.25, 0.3) is 66.5 Å². The lowest BCUT2D eigenvalue weighted by Crippen LogP contribution is -2.43. The number of aliphatic hydroxyl groups excluding tert-OH is 1. The molecule has 584 valence electrons. The van der Waals surface area contributed by atoms with Crippen LogP contribution in [0, 0.1) is 0 Å². The fraction of sp³-hybridized carbons (Fsp3) is 0.321. The molecule has 0 unspecified atom stereocenters. The number of carbonyl (C=O) groups is 3. The van der Waals surface area contributed by atoms with E-state index < -0.39 is 27.8 Å². The van der Waals surface area contributed by atoms with Crippen molar-refractivity contribution in [3.63, 3.8) is 0 Å². The molecule has 12 rings (SSSR count). The first-order valence-electron chi connectivity index (χ1n) is 36.8. The van der Waals surface area contributed by atoms with Crippen LogP contribution in [0.4, 0.5) is 17.1 Å². The zero-order valence-corrected chi connectivity index (χ0v) is 72.2. The van der Waals surface area contributed by atoms with Gasteiger partial charge in [-0.2, -0.15) is 0 Å². The number of hydrogen-bond donors (Lipinski definition) is 2. The highest BCUT2D eigenvalue weighted by Gasteiger charge is 2.39. The minimum atomic E-state index is -2.02. The Bertz CT molecular complexity index is 5110. The van der Waals surface area contributed by atoms with Crippen molar-refractivity contribution in [2.75, 3.05) is 54.6 Å². The summed E-state index contributed by atoms with van der Waals surface area (Å²) in [6.07, 6.45) is 6.71. The maximum absolute atomic E-state index is 13.9. The van der Waals surface area contributed by atoms with Gasteiger partial charge in [-0.05, 0) is 157 Å². The lowest BCUT2D eigenvalue weighted by atomic mass is 10.1. The standard InChI is InChI=1S/C30H36Cl2N4O2Si.C25H36N2OSi.C24H22Cl2N4O2.C5HCl3N2O/c1-7-15-36-24-14-13-23(18-22(24)19-25(36)21-11-9-8-10-12-21)35(16-17-38-39(5,6)30(2,3)4)29(37)26-27(31)33-20-34-28(26)32;1-7-16-27-23-14-13-22(26-15-17-28-29(5,6)25(2,3)4)18-21(23)19-24(27)20-11-9-8-10-12-20;1-2-10-30-19-9-8-18(13-17(19)14-20(30)16-6-4-3-5-7-16)29(11-12-31)24(32)21-22(25)27-15-28-23(21)26;6-3-2(5(8)11)4(7)10-1-9-3/h8-14,18-20H,7,15-17H2,1-6H3;8-14,18-19,26H,7,15-17H2,1-6H3;3-9,13-15,31H,2,10-12H2,1H3;1H. The van der Waals surface area contributed by atoms with E-state index in [0.717, 1.165) is 114 Å². The zero-order valence-electron chi connectivity index (χ0n) is 64.9. The molecular formula is C84H95Cl7N12O6Si2.